The fraction of sp³-hybridized carbons (Fsp3) is 0.276. The average molecular weight is 537 g/mol. The van der Waals surface area contributed by atoms with Gasteiger partial charge in [-0.05, 0) is 35.4 Å². The van der Waals surface area contributed by atoms with Crippen molar-refractivity contribution in [1.29, 1.82) is 0 Å². The van der Waals surface area contributed by atoms with Crippen LogP contribution < -0.4 is 0 Å². The van der Waals surface area contributed by atoms with E-state index in [2.05, 4.69) is 15.0 Å². The van der Waals surface area contributed by atoms with Crippen LogP contribution in [-0.2, 0) is 22.3 Å². The van der Waals surface area contributed by atoms with Gasteiger partial charge in [0, 0.05) is 51.0 Å². The van der Waals surface area contributed by atoms with Crippen LogP contribution in [0.4, 0.5) is 13.2 Å². The monoisotopic (exact) mass is 536 g/mol. The second-order valence-electron chi connectivity index (χ2n) is 9.33. The van der Waals surface area contributed by atoms with Gasteiger partial charge in [-0.15, -0.1) is 0 Å². The number of hydrogen-bond donors (Lipinski definition) is 0. The molecule has 1 saturated heterocycles. The number of amides is 1. The lowest BCUT2D eigenvalue weighted by atomic mass is 10.1. The van der Waals surface area contributed by atoms with Crippen LogP contribution >= 0.6 is 0 Å². The number of aromatic nitrogens is 2. The zero-order valence-corrected chi connectivity index (χ0v) is 21.3. The van der Waals surface area contributed by atoms with E-state index in [1.807, 2.05) is 59.5 Å². The first-order chi connectivity index (χ1) is 18.8. The number of nitrogens with zero attached hydrogens (tertiary/aromatic N) is 4. The number of hydrogen-bond acceptors (Lipinski definition) is 6. The average Bonchev–Trinajstić information content (AvgIpc) is 3.45. The van der Waals surface area contributed by atoms with Gasteiger partial charge >= 0.3 is 6.18 Å². The molecule has 1 atom stereocenters. The van der Waals surface area contributed by atoms with Crippen molar-refractivity contribution in [2.75, 3.05) is 33.3 Å². The smallest absolute Gasteiger partial charge is 0.367 e. The van der Waals surface area contributed by atoms with Crippen LogP contribution in [0.15, 0.2) is 83.4 Å². The van der Waals surface area contributed by atoms with Gasteiger partial charge in [0.25, 0.3) is 11.8 Å². The summed E-state index contributed by atoms with van der Waals surface area (Å²) >= 11 is 0. The third-order valence-electron chi connectivity index (χ3n) is 6.70. The van der Waals surface area contributed by atoms with Crippen molar-refractivity contribution in [3.05, 3.63) is 95.6 Å². The van der Waals surface area contributed by atoms with Gasteiger partial charge in [-0.3, -0.25) is 9.69 Å². The summed E-state index contributed by atoms with van der Waals surface area (Å²) < 4.78 is 50.0. The summed E-state index contributed by atoms with van der Waals surface area (Å²) in [6.07, 6.45) is -5.08. The minimum absolute atomic E-state index is 0.0205. The van der Waals surface area contributed by atoms with E-state index in [4.69, 9.17) is 9.26 Å². The van der Waals surface area contributed by atoms with Crippen LogP contribution in [0, 0.1) is 0 Å². The molecule has 39 heavy (non-hydrogen) atoms. The quantitative estimate of drug-likeness (QED) is 0.313. The normalized spacial score (nSPS) is 15.3. The maximum atomic E-state index is 13.1. The molecule has 1 aliphatic heterocycles. The molecule has 202 valence electrons. The van der Waals surface area contributed by atoms with Crippen LogP contribution in [-0.4, -0.2) is 59.1 Å². The highest BCUT2D eigenvalue weighted by atomic mass is 19.4. The molecule has 1 aliphatic rings. The molecule has 3 aromatic carbocycles. The first-order valence-electron chi connectivity index (χ1n) is 12.5. The number of rotatable bonds is 7. The second kappa shape index (κ2) is 11.4. The molecule has 1 aromatic heterocycles. The van der Waals surface area contributed by atoms with E-state index in [1.54, 1.807) is 7.11 Å². The van der Waals surface area contributed by atoms with E-state index in [-0.39, 0.29) is 17.4 Å². The molecule has 0 unspecified atom stereocenters. The maximum absolute atomic E-state index is 13.1. The number of ether oxygens (including phenoxy) is 1. The Morgan fingerprint density at radius 1 is 0.949 bits per heavy atom. The fourth-order valence-electron chi connectivity index (χ4n) is 4.65. The molecule has 1 fully saturated rings. The Bertz CT molecular complexity index is 1420. The number of methoxy groups -OCH3 is 1. The number of alkyl halides is 3. The molecule has 0 saturated carbocycles. The molecule has 4 aromatic rings. The lowest BCUT2D eigenvalue weighted by Crippen LogP contribution is -2.49. The van der Waals surface area contributed by atoms with Gasteiger partial charge in [0.15, 0.2) is 6.10 Å². The Balaban J connectivity index is 1.21. The zero-order valence-electron chi connectivity index (χ0n) is 21.3. The Morgan fingerprint density at radius 2 is 1.67 bits per heavy atom. The minimum Gasteiger partial charge on any atom is -0.367 e. The minimum atomic E-state index is -4.46. The van der Waals surface area contributed by atoms with Gasteiger partial charge in [0.05, 0.1) is 5.56 Å². The molecule has 0 aliphatic carbocycles. The third-order valence-corrected chi connectivity index (χ3v) is 6.70. The predicted octanol–water partition coefficient (Wildman–Crippen LogP) is 5.45. The number of carbonyl (C=O) groups is 1. The topological polar surface area (TPSA) is 71.7 Å². The number of halogens is 3. The summed E-state index contributed by atoms with van der Waals surface area (Å²) in [6, 6.07) is 21.9. The van der Waals surface area contributed by atoms with Crippen molar-refractivity contribution in [2.24, 2.45) is 0 Å². The van der Waals surface area contributed by atoms with Gasteiger partial charge in [0.2, 0.25) is 5.82 Å². The van der Waals surface area contributed by atoms with Crippen molar-refractivity contribution >= 4 is 5.91 Å². The Labute approximate surface area is 223 Å². The van der Waals surface area contributed by atoms with Gasteiger partial charge in [-0.1, -0.05) is 59.8 Å². The lowest BCUT2D eigenvalue weighted by molar-refractivity contribution is -0.144. The molecule has 0 N–H and O–H groups in total. The van der Waals surface area contributed by atoms with Gasteiger partial charge in [-0.25, -0.2) is 0 Å². The van der Waals surface area contributed by atoms with E-state index in [9.17, 15) is 18.0 Å². The van der Waals surface area contributed by atoms with Crippen LogP contribution in [0.1, 0.15) is 22.8 Å². The van der Waals surface area contributed by atoms with E-state index in [0.717, 1.165) is 23.3 Å². The predicted molar refractivity (Wildman–Crippen MR) is 138 cm³/mol. The molecule has 1 amide bonds. The SMILES string of the molecule is CO[C@H](C(=O)N1CCN(Cc2cccc(-c3noc(-c4cccc(C(F)(F)F)c4)n3)c2)CC1)c1ccccc1. The highest BCUT2D eigenvalue weighted by Crippen LogP contribution is 2.32. The largest absolute Gasteiger partial charge is 0.416 e. The number of piperazine rings is 1. The van der Waals surface area contributed by atoms with Crippen LogP contribution in [0.2, 0.25) is 0 Å². The summed E-state index contributed by atoms with van der Waals surface area (Å²) in [6.45, 7) is 3.28. The summed E-state index contributed by atoms with van der Waals surface area (Å²) in [5.74, 6) is 0.275. The zero-order chi connectivity index (χ0) is 27.4. The van der Waals surface area contributed by atoms with Crippen molar-refractivity contribution < 1.29 is 27.2 Å². The molecular weight excluding hydrogens is 509 g/mol. The first-order valence-corrected chi connectivity index (χ1v) is 12.5. The summed E-state index contributed by atoms with van der Waals surface area (Å²) in [4.78, 5) is 21.5. The summed E-state index contributed by atoms with van der Waals surface area (Å²) in [5.41, 5.74) is 1.99. The van der Waals surface area contributed by atoms with E-state index >= 15 is 0 Å². The highest BCUT2D eigenvalue weighted by Gasteiger charge is 2.31. The van der Waals surface area contributed by atoms with Crippen molar-refractivity contribution in [3.63, 3.8) is 0 Å². The fourth-order valence-corrected chi connectivity index (χ4v) is 4.65. The molecule has 7 nitrogen and oxygen atoms in total. The summed E-state index contributed by atoms with van der Waals surface area (Å²) in [7, 11) is 1.55. The Morgan fingerprint density at radius 3 is 2.38 bits per heavy atom. The van der Waals surface area contributed by atoms with E-state index in [0.29, 0.717) is 44.1 Å². The first kappa shape index (κ1) is 26.6. The molecule has 0 spiro atoms. The second-order valence-corrected chi connectivity index (χ2v) is 9.33. The molecule has 0 radical (unpaired) electrons. The molecule has 2 heterocycles. The Hall–Kier alpha value is -4.02. The third kappa shape index (κ3) is 6.18. The van der Waals surface area contributed by atoms with E-state index in [1.165, 1.54) is 12.1 Å². The van der Waals surface area contributed by atoms with Crippen LogP contribution in [0.25, 0.3) is 22.8 Å². The van der Waals surface area contributed by atoms with E-state index < -0.39 is 17.8 Å². The van der Waals surface area contributed by atoms with Gasteiger partial charge < -0.3 is 14.2 Å². The molecule has 0 bridgehead atoms. The highest BCUT2D eigenvalue weighted by molar-refractivity contribution is 5.82. The molecule has 5 rings (SSSR count). The van der Waals surface area contributed by atoms with Crippen molar-refractivity contribution in [1.82, 2.24) is 19.9 Å². The maximum Gasteiger partial charge on any atom is 0.416 e. The molecular formula is C29H27F3N4O3. The summed E-state index contributed by atoms with van der Waals surface area (Å²) in [5, 5.41) is 3.98. The Kier molecular flexibility index (Phi) is 7.76. The van der Waals surface area contributed by atoms with Crippen LogP contribution in [0.3, 0.4) is 0 Å². The molecule has 10 heteroatoms. The van der Waals surface area contributed by atoms with Crippen molar-refractivity contribution in [2.45, 2.75) is 18.8 Å². The van der Waals surface area contributed by atoms with Crippen LogP contribution in [0.5, 0.6) is 0 Å². The van der Waals surface area contributed by atoms with Crippen molar-refractivity contribution in [3.8, 4) is 22.8 Å². The lowest BCUT2D eigenvalue weighted by Gasteiger charge is -2.36. The number of carbonyl (C=O) groups excluding carboxylic acids is 1. The van der Waals surface area contributed by atoms with Gasteiger partial charge in [-0.2, -0.15) is 18.2 Å². The standard InChI is InChI=1S/C29H27F3N4O3/c1-38-25(21-8-3-2-4-9-21)28(37)36-15-13-35(14-16-36)19-20-7-5-10-22(17-20)26-33-27(39-34-26)23-11-6-12-24(18-23)29(30,31)32/h2-12,17-18,25H,13-16,19H2,1H3/t25-/m0/s1. The van der Waals surface area contributed by atoms with Gasteiger partial charge in [0.1, 0.15) is 0 Å². The number of benzene rings is 3.